The summed E-state index contributed by atoms with van der Waals surface area (Å²) in [6.45, 7) is 10.7. The molecule has 38 nitrogen and oxygen atoms in total. The van der Waals surface area contributed by atoms with Crippen molar-refractivity contribution in [1.29, 1.82) is 0 Å². The van der Waals surface area contributed by atoms with Crippen LogP contribution in [0, 0.1) is 13.8 Å². The number of nitrogens with one attached hydrogen (secondary N) is 9. The first kappa shape index (κ1) is 90.0. The number of carbonyl (C=O) groups excluding carboxylic acids is 8. The number of carbonyl (C=O) groups is 8. The molecule has 8 aromatic heterocycles. The van der Waals surface area contributed by atoms with Gasteiger partial charge in [0.05, 0.1) is 133 Å². The van der Waals surface area contributed by atoms with E-state index in [0.717, 1.165) is 71.0 Å². The summed E-state index contributed by atoms with van der Waals surface area (Å²) in [6, 6.07) is 13.5. The van der Waals surface area contributed by atoms with Crippen molar-refractivity contribution in [2.24, 2.45) is 35.2 Å². The zero-order valence-electron chi connectivity index (χ0n) is 68.2. The van der Waals surface area contributed by atoms with E-state index in [1.807, 2.05) is 26.0 Å². The number of amides is 8. The van der Waals surface area contributed by atoms with E-state index in [1.54, 1.807) is 52.2 Å². The predicted octanol–water partition coefficient (Wildman–Crippen LogP) is 6.14. The lowest BCUT2D eigenvalue weighted by Gasteiger charge is -2.24. The van der Waals surface area contributed by atoms with Gasteiger partial charge in [0.1, 0.15) is 41.0 Å². The van der Waals surface area contributed by atoms with Crippen LogP contribution in [0.2, 0.25) is 5.02 Å². The molecule has 0 aliphatic heterocycles. The standard InChI is InChI=1S/C80H107ClN20O18/c1-53-71(54(2)119-95-53)56-20-26-101-67(46-56)90-61(72(101)87-57-11-9-8-10-12-57)15-13-55-14-16-64(60(81)45-55)118-44-43-117-42-41-116-40-39-115-38-37-114-36-35-113-34-33-112-32-31-111-30-29-110-28-25-82-68(102)17-21-86-78(107)74-93-65(51-99(74)6)91-69(103)18-22-85-77(106)63-48-59(50-98(63)5)89-80(109)75-94-66(52-100(75)7)92-70(104)19-23-84-76(105)62-47-58(49-97(62)4)88-79(108)73-83-24-27-96(73)3/h14,16,20,24,26-27,45-52,57,87H,8-13,15,17-19,21-23,25,28-44H2,1-7H3,(H,82,102)(H,84,105)(H,85,106)(H,86,107)(H,88,108)(H,89,109)(H,91,103)(H,92,104). The first-order valence-electron chi connectivity index (χ1n) is 39.6. The van der Waals surface area contributed by atoms with Crippen molar-refractivity contribution in [2.45, 2.75) is 84.1 Å². The van der Waals surface area contributed by atoms with Gasteiger partial charge in [-0.05, 0) is 87.1 Å². The smallest absolute Gasteiger partial charge is 0.291 e. The average molecular weight is 1670 g/mol. The molecule has 0 spiro atoms. The van der Waals surface area contributed by atoms with Crippen molar-refractivity contribution < 1.29 is 85.5 Å². The van der Waals surface area contributed by atoms with Crippen molar-refractivity contribution in [3.63, 3.8) is 0 Å². The van der Waals surface area contributed by atoms with Gasteiger partial charge in [-0.3, -0.25) is 42.8 Å². The number of fused-ring (bicyclic) bond motifs is 1. The topological polar surface area (TPSA) is 435 Å². The van der Waals surface area contributed by atoms with Gasteiger partial charge in [0, 0.05) is 136 Å². The van der Waals surface area contributed by atoms with Crippen molar-refractivity contribution in [3.05, 3.63) is 142 Å². The Labute approximate surface area is 693 Å². The van der Waals surface area contributed by atoms with Crippen molar-refractivity contribution in [2.75, 3.05) is 165 Å². The highest BCUT2D eigenvalue weighted by Crippen LogP contribution is 2.33. The molecule has 10 rings (SSSR count). The number of nitrogens with zero attached hydrogens (tertiary/aromatic N) is 11. The van der Waals surface area contributed by atoms with Gasteiger partial charge in [-0.25, -0.2) is 19.9 Å². The molecule has 119 heavy (non-hydrogen) atoms. The highest BCUT2D eigenvalue weighted by Gasteiger charge is 2.25. The van der Waals surface area contributed by atoms with Crippen LogP contribution < -0.4 is 52.6 Å². The lowest BCUT2D eigenvalue weighted by molar-refractivity contribution is -0.121. The van der Waals surface area contributed by atoms with Gasteiger partial charge >= 0.3 is 0 Å². The number of anilines is 5. The van der Waals surface area contributed by atoms with Crippen LogP contribution in [0.1, 0.15) is 127 Å². The summed E-state index contributed by atoms with van der Waals surface area (Å²) in [5.74, 6) is -1.17. The van der Waals surface area contributed by atoms with E-state index in [9.17, 15) is 38.4 Å². The number of aromatic nitrogens is 11. The maximum atomic E-state index is 13.3. The van der Waals surface area contributed by atoms with E-state index in [2.05, 4.69) is 96.8 Å². The second-order valence-electron chi connectivity index (χ2n) is 28.0. The fourth-order valence-electron chi connectivity index (χ4n) is 12.9. The second-order valence-corrected chi connectivity index (χ2v) is 28.5. The number of ether oxygens (including phenoxy) is 9. The molecule has 0 saturated heterocycles. The normalized spacial score (nSPS) is 12.2. The Morgan fingerprint density at radius 1 is 0.479 bits per heavy atom. The quantitative estimate of drug-likeness (QED) is 0.0193. The van der Waals surface area contributed by atoms with Crippen LogP contribution in [-0.2, 0) is 100 Å². The zero-order valence-corrected chi connectivity index (χ0v) is 69.0. The molecule has 0 radical (unpaired) electrons. The van der Waals surface area contributed by atoms with Crippen LogP contribution in [0.5, 0.6) is 5.75 Å². The van der Waals surface area contributed by atoms with Crippen LogP contribution >= 0.6 is 11.6 Å². The van der Waals surface area contributed by atoms with Crippen LogP contribution in [0.15, 0.2) is 90.4 Å². The molecule has 1 fully saturated rings. The number of hydrogen-bond acceptors (Lipinski definition) is 24. The Hall–Kier alpha value is -11.4. The van der Waals surface area contributed by atoms with E-state index >= 15 is 0 Å². The van der Waals surface area contributed by atoms with Gasteiger partial charge in [-0.2, -0.15) is 0 Å². The van der Waals surface area contributed by atoms with Crippen LogP contribution in [0.3, 0.4) is 0 Å². The molecule has 0 unspecified atom stereocenters. The molecule has 1 aliphatic rings. The van der Waals surface area contributed by atoms with Crippen molar-refractivity contribution in [1.82, 2.24) is 73.6 Å². The Balaban J connectivity index is 0.467. The molecule has 0 bridgehead atoms. The summed E-state index contributed by atoms with van der Waals surface area (Å²) < 4.78 is 65.7. The molecule has 1 aromatic carbocycles. The molecule has 642 valence electrons. The SMILES string of the molecule is Cc1noc(C)c1-c1ccn2c(NC3CCCCC3)c(CCc3ccc(OCCOCCOCCOCCOCCOCCOCCOCCOCCNC(=O)CCNC(=O)c4nc(NC(=O)CCNC(=O)c5cc(NC(=O)c6nc(NC(=O)CCNC(=O)c7cc(NC(=O)c8nccn8C)cn7C)cn6C)cn5C)cn4C)c(Cl)c3)nc2c1. The predicted molar refractivity (Wildman–Crippen MR) is 439 cm³/mol. The van der Waals surface area contributed by atoms with Gasteiger partial charge < -0.3 is 118 Å². The summed E-state index contributed by atoms with van der Waals surface area (Å²) in [7, 11) is 8.05. The summed E-state index contributed by atoms with van der Waals surface area (Å²) in [4.78, 5) is 121. The third-order valence-electron chi connectivity index (χ3n) is 18.9. The Morgan fingerprint density at radius 2 is 0.975 bits per heavy atom. The maximum absolute atomic E-state index is 13.3. The molecule has 9 aromatic rings. The van der Waals surface area contributed by atoms with Gasteiger partial charge in [-0.15, -0.1) is 0 Å². The molecule has 8 heterocycles. The molecule has 9 N–H and O–H groups in total. The number of pyridine rings is 1. The summed E-state index contributed by atoms with van der Waals surface area (Å²) in [5, 5.41) is 29.9. The highest BCUT2D eigenvalue weighted by atomic mass is 35.5. The van der Waals surface area contributed by atoms with E-state index in [1.165, 1.54) is 74.5 Å². The fourth-order valence-corrected chi connectivity index (χ4v) is 13.1. The molecule has 1 aliphatic carbocycles. The fraction of sp³-hybridized carbons (Fsp3) is 0.487. The number of imidazole rings is 4. The summed E-state index contributed by atoms with van der Waals surface area (Å²) in [5.41, 5.74) is 6.96. The zero-order chi connectivity index (χ0) is 84.4. The third-order valence-corrected chi connectivity index (χ3v) is 19.2. The number of rotatable bonds is 52. The van der Waals surface area contributed by atoms with E-state index < -0.39 is 41.4 Å². The van der Waals surface area contributed by atoms with Gasteiger partial charge in [0.15, 0.2) is 17.5 Å². The summed E-state index contributed by atoms with van der Waals surface area (Å²) >= 11 is 6.71. The van der Waals surface area contributed by atoms with E-state index in [0.29, 0.717) is 128 Å². The lowest BCUT2D eigenvalue weighted by atomic mass is 9.95. The Morgan fingerprint density at radius 3 is 1.48 bits per heavy atom. The highest BCUT2D eigenvalue weighted by molar-refractivity contribution is 6.32. The molecule has 8 amide bonds. The second kappa shape index (κ2) is 46.7. The van der Waals surface area contributed by atoms with Crippen molar-refractivity contribution in [3.8, 4) is 16.9 Å². The van der Waals surface area contributed by atoms with Crippen LogP contribution in [0.4, 0.5) is 28.8 Å². The summed E-state index contributed by atoms with van der Waals surface area (Å²) in [6.07, 6.45) is 18.5. The minimum absolute atomic E-state index is 0.00235. The molecule has 1 saturated carbocycles. The minimum Gasteiger partial charge on any atom is -0.490 e. The number of halogens is 1. The van der Waals surface area contributed by atoms with Crippen LogP contribution in [0.25, 0.3) is 16.8 Å². The Bertz CT molecular complexity index is 4820. The third kappa shape index (κ3) is 28.2. The average Bonchev–Trinajstić information content (AvgIpc) is 1.62. The molecular formula is C80H107ClN20O18. The lowest BCUT2D eigenvalue weighted by Crippen LogP contribution is -2.33. The molecule has 0 atom stereocenters. The van der Waals surface area contributed by atoms with E-state index in [-0.39, 0.29) is 104 Å². The monoisotopic (exact) mass is 1670 g/mol. The van der Waals surface area contributed by atoms with Gasteiger partial charge in [0.2, 0.25) is 29.4 Å². The number of hydrogen-bond donors (Lipinski definition) is 9. The molecular weight excluding hydrogens is 1560 g/mol. The first-order chi connectivity index (χ1) is 57.6. The Kier molecular flexibility index (Phi) is 35.3. The van der Waals surface area contributed by atoms with E-state index in [4.69, 9.17) is 63.7 Å². The van der Waals surface area contributed by atoms with Crippen molar-refractivity contribution >= 4 is 93.3 Å². The number of benzene rings is 1. The largest absolute Gasteiger partial charge is 0.490 e. The maximum Gasteiger partial charge on any atom is 0.291 e. The van der Waals surface area contributed by atoms with Gasteiger partial charge in [-0.1, -0.05) is 42.1 Å². The van der Waals surface area contributed by atoms with Gasteiger partial charge in [0.25, 0.3) is 29.5 Å². The molecule has 39 heteroatoms. The number of aryl methyl sites for hydroxylation is 9. The minimum atomic E-state index is -0.638. The van der Waals surface area contributed by atoms with Crippen LogP contribution in [-0.4, -0.2) is 244 Å². The first-order valence-corrected chi connectivity index (χ1v) is 40.0.